The van der Waals surface area contributed by atoms with Gasteiger partial charge in [0, 0.05) is 109 Å². The molecule has 126 heavy (non-hydrogen) atoms. The molecule has 0 heterocycles. The first-order valence-electron chi connectivity index (χ1n) is 46.6. The largest absolute Gasteiger partial charge is 0.227 e. The quantitative estimate of drug-likeness (QED) is 0.126. The van der Waals surface area contributed by atoms with Crippen molar-refractivity contribution in [3.05, 3.63) is 470 Å². The Morgan fingerprint density at radius 3 is 0.937 bits per heavy atom. The Bertz CT molecular complexity index is 5320. The predicted octanol–water partition coefficient (Wildman–Crippen LogP) is 36.1. The summed E-state index contributed by atoms with van der Waals surface area (Å²) >= 11 is 0. The smallest absolute Gasteiger partial charge is 0.0535 e. The third-order valence-corrected chi connectivity index (χ3v) is 21.4. The zero-order valence-electron chi connectivity index (χ0n) is 82.6. The molecule has 653 valence electrons. The molecular weight excluding hydrogens is 1740 g/mol. The summed E-state index contributed by atoms with van der Waals surface area (Å²) in [7, 11) is 0. The minimum atomic E-state index is -0.388. The van der Waals surface area contributed by atoms with Crippen molar-refractivity contribution in [2.45, 2.75) is 230 Å². The zero-order chi connectivity index (χ0) is 91.2. The molecule has 0 amide bonds. The van der Waals surface area contributed by atoms with E-state index in [0.29, 0.717) is 0 Å². The summed E-state index contributed by atoms with van der Waals surface area (Å²) in [6.07, 6.45) is 10.8. The van der Waals surface area contributed by atoms with Gasteiger partial charge >= 0.3 is 0 Å². The van der Waals surface area contributed by atoms with E-state index in [4.69, 9.17) is 0 Å². The van der Waals surface area contributed by atoms with Crippen LogP contribution >= 0.6 is 0 Å². The first kappa shape index (κ1) is 116. The Hall–Kier alpha value is -8.26. The fourth-order valence-electron chi connectivity index (χ4n) is 17.2. The van der Waals surface area contributed by atoms with Gasteiger partial charge in [-0.2, -0.15) is 78.9 Å². The first-order chi connectivity index (χ1) is 60.6. The molecule has 0 fully saturated rings. The third kappa shape index (κ3) is 24.2. The summed E-state index contributed by atoms with van der Waals surface area (Å²) in [4.78, 5) is 0. The molecule has 4 aliphatic rings. The van der Waals surface area contributed by atoms with Gasteiger partial charge in [-0.25, -0.2) is 40.8 Å². The van der Waals surface area contributed by atoms with E-state index in [1.165, 1.54) is 139 Å². The van der Waals surface area contributed by atoms with Crippen LogP contribution in [-0.4, -0.2) is 0 Å². The van der Waals surface area contributed by atoms with Crippen LogP contribution in [0.25, 0.3) is 55.6 Å². The number of benzene rings is 14. The van der Waals surface area contributed by atoms with Crippen molar-refractivity contribution in [3.8, 4) is 55.6 Å². The van der Waals surface area contributed by atoms with Crippen molar-refractivity contribution in [3.63, 3.8) is 0 Å². The molecule has 0 saturated carbocycles. The normalized spacial score (nSPS) is 12.1. The number of aryl methyl sites for hydroxylation is 6. The van der Waals surface area contributed by atoms with E-state index >= 15 is 0 Å². The first-order valence-corrected chi connectivity index (χ1v) is 46.6. The van der Waals surface area contributed by atoms with Crippen molar-refractivity contribution < 1.29 is 98.1 Å². The fraction of sp³-hybridized carbons (Fsp3) is 0.276. The molecule has 0 bridgehead atoms. The summed E-state index contributed by atoms with van der Waals surface area (Å²) in [6, 6.07) is 128. The van der Waals surface area contributed by atoms with E-state index in [1.54, 1.807) is 0 Å². The van der Waals surface area contributed by atoms with Crippen molar-refractivity contribution in [1.82, 2.24) is 0 Å². The number of hydrogen-bond acceptors (Lipinski definition) is 0. The molecule has 0 spiro atoms. The Balaban J connectivity index is 0.000000833. The zero-order valence-corrected chi connectivity index (χ0v) is 91.1. The topological polar surface area (TPSA) is 0 Å². The van der Waals surface area contributed by atoms with Crippen LogP contribution in [-0.2, 0) is 114 Å². The SMILES string of the molecule is CC.CC.CC.CC.CC.CC.CC.CC.CC.CC.CC.CC.Cc1ccccc1C1(c2ccccc2C)c2c[c-]c(-c3[c-]cccc3)cc2-c2ccccc21.Cc1ccccc1C1(c2ccccc2C)c2ccc(C3C=CC=C[CH-]3)[c-]c2-c2ccccc21.Cc1ccccc1C1(c2ccccc2C)c2ccccc2-c2c(-c3[c-]cccc3)[c-]ccc21.[Y].[Y].[Y]. The van der Waals surface area contributed by atoms with Crippen molar-refractivity contribution in [2.75, 3.05) is 0 Å². The van der Waals surface area contributed by atoms with Crippen molar-refractivity contribution in [2.24, 2.45) is 0 Å². The van der Waals surface area contributed by atoms with Crippen LogP contribution in [0.2, 0.25) is 0 Å². The van der Waals surface area contributed by atoms with Gasteiger partial charge in [-0.1, -0.05) is 407 Å². The Labute approximate surface area is 844 Å². The Morgan fingerprint density at radius 1 is 0.238 bits per heavy atom. The van der Waals surface area contributed by atoms with Gasteiger partial charge in [0.25, 0.3) is 0 Å². The number of hydrogen-bond donors (Lipinski definition) is 0. The van der Waals surface area contributed by atoms with E-state index in [1.807, 2.05) is 190 Å². The predicted molar refractivity (Wildman–Crippen MR) is 546 cm³/mol. The van der Waals surface area contributed by atoms with Crippen LogP contribution in [0.4, 0.5) is 0 Å². The maximum absolute atomic E-state index is 3.87. The Morgan fingerprint density at radius 2 is 0.563 bits per heavy atom. The van der Waals surface area contributed by atoms with Crippen molar-refractivity contribution in [1.29, 1.82) is 0 Å². The average Bonchev–Trinajstić information content (AvgIpc) is 1.53. The maximum Gasteiger partial charge on any atom is 0.0535 e. The average molecular weight is 1890 g/mol. The molecule has 0 N–H and O–H groups in total. The number of allylic oxidation sites excluding steroid dienone is 4. The molecule has 0 aliphatic heterocycles. The maximum atomic E-state index is 3.87. The summed E-state index contributed by atoms with van der Waals surface area (Å²) in [5.41, 5.74) is 35.9. The van der Waals surface area contributed by atoms with Gasteiger partial charge in [0.05, 0.1) is 5.41 Å². The summed E-state index contributed by atoms with van der Waals surface area (Å²) < 4.78 is 0. The van der Waals surface area contributed by atoms with Gasteiger partial charge in [0.1, 0.15) is 0 Å². The summed E-state index contributed by atoms with van der Waals surface area (Å²) in [6.45, 7) is 61.4. The monoisotopic (exact) mass is 1890 g/mol. The second kappa shape index (κ2) is 61.3. The van der Waals surface area contributed by atoms with E-state index < -0.39 is 0 Å². The Kier molecular flexibility index (Phi) is 56.3. The molecule has 1 unspecified atom stereocenters. The molecule has 14 aromatic rings. The van der Waals surface area contributed by atoms with Crippen LogP contribution in [0.1, 0.15) is 278 Å². The van der Waals surface area contributed by atoms with Crippen LogP contribution in [0.3, 0.4) is 0 Å². The molecule has 3 radical (unpaired) electrons. The molecule has 0 saturated heterocycles. The summed E-state index contributed by atoms with van der Waals surface area (Å²) in [5, 5.41) is 0. The van der Waals surface area contributed by atoms with Crippen LogP contribution in [0.5, 0.6) is 0 Å². The molecule has 0 aromatic heterocycles. The standard InChI is InChI=1S/C33H24.C33H26.C33H24.12C2H6.3Y/c1-23-13-6-9-19-28(23)33(29-20-10-7-14-24(29)2)30-21-11-8-17-27(30)32-26(18-12-22-31(32)33)25-15-4-3-5-16-25;2*1-23-12-6-9-17-29(23)33(30-18-10-7-13-24(30)2)31-19-11-8-16-27(31)28-22-26(20-21-32(28)33)25-14-4-3-5-15-25;12*1-2;;;/h3-15,17,19-22H,1-2H3;3-21,25H,1-2H3;3-14,16-19,21-22H,1-2H3;12*1-2H3;;;/q3*-2;;;;;;;;;;;;;;;. The van der Waals surface area contributed by atoms with Crippen LogP contribution < -0.4 is 0 Å². The minimum absolute atomic E-state index is 0. The van der Waals surface area contributed by atoms with E-state index in [0.717, 1.165) is 22.3 Å². The van der Waals surface area contributed by atoms with Gasteiger partial charge in [-0.15, -0.1) is 87.5 Å². The molecule has 18 rings (SSSR count). The van der Waals surface area contributed by atoms with Gasteiger partial charge in [0.2, 0.25) is 0 Å². The van der Waals surface area contributed by atoms with Gasteiger partial charge < -0.3 is 0 Å². The molecular formula is C123H146Y3-6. The molecule has 0 nitrogen and oxygen atoms in total. The minimum Gasteiger partial charge on any atom is -0.227 e. The second-order valence-corrected chi connectivity index (χ2v) is 26.8. The van der Waals surface area contributed by atoms with Gasteiger partial charge in [-0.05, 0) is 125 Å². The van der Waals surface area contributed by atoms with Crippen molar-refractivity contribution >= 4 is 0 Å². The second-order valence-electron chi connectivity index (χ2n) is 26.8. The molecule has 1 atom stereocenters. The molecule has 14 aromatic carbocycles. The third-order valence-electron chi connectivity index (χ3n) is 21.4. The van der Waals surface area contributed by atoms with Gasteiger partial charge in [-0.3, -0.25) is 0 Å². The van der Waals surface area contributed by atoms with Crippen LogP contribution in [0, 0.1) is 78.3 Å². The summed E-state index contributed by atoms with van der Waals surface area (Å²) in [5.74, 6) is 0.263. The van der Waals surface area contributed by atoms with Gasteiger partial charge in [0.15, 0.2) is 0 Å². The van der Waals surface area contributed by atoms with Crippen LogP contribution in [0.15, 0.2) is 328 Å². The van der Waals surface area contributed by atoms with E-state index in [-0.39, 0.29) is 120 Å². The molecule has 3 heteroatoms. The fourth-order valence-corrected chi connectivity index (χ4v) is 17.2. The van der Waals surface area contributed by atoms with E-state index in [9.17, 15) is 0 Å². The number of fused-ring (bicyclic) bond motifs is 9. The molecule has 4 aliphatic carbocycles. The number of rotatable bonds is 9. The van der Waals surface area contributed by atoms with E-state index in [2.05, 4.69) is 382 Å².